The molecule has 0 saturated carbocycles. The predicted octanol–water partition coefficient (Wildman–Crippen LogP) is 3.91. The average Bonchev–Trinajstić information content (AvgIpc) is 2.30. The number of unbranched alkanes of at least 4 members (excludes halogenated alkanes) is 2. The third kappa shape index (κ3) is 11.0. The number of nitrogens with one attached hydrogen (secondary N) is 1. The van der Waals surface area contributed by atoms with Gasteiger partial charge in [-0.15, -0.1) is 0 Å². The number of nitrogens with zero attached hydrogens (tertiary/aromatic N) is 1. The van der Waals surface area contributed by atoms with Crippen LogP contribution in [0.5, 0.6) is 0 Å². The predicted molar refractivity (Wildman–Crippen MR) is 83.2 cm³/mol. The summed E-state index contributed by atoms with van der Waals surface area (Å²) in [6, 6.07) is 0.680. The average molecular weight is 256 g/mol. The second-order valence-corrected chi connectivity index (χ2v) is 6.12. The first-order valence-corrected chi connectivity index (χ1v) is 8.02. The standard InChI is InChI=1S/C16H36N2/c1-6-7-8-13-18(16(4)5)14-12-17-11-9-10-15(2)3/h15-17H,6-14H2,1-5H3. The highest BCUT2D eigenvalue weighted by atomic mass is 15.2. The van der Waals surface area contributed by atoms with Crippen molar-refractivity contribution in [3.63, 3.8) is 0 Å². The van der Waals surface area contributed by atoms with Crippen LogP contribution in [0.2, 0.25) is 0 Å². The topological polar surface area (TPSA) is 15.3 Å². The molecule has 0 saturated heterocycles. The molecule has 0 amide bonds. The summed E-state index contributed by atoms with van der Waals surface area (Å²) >= 11 is 0. The zero-order valence-electron chi connectivity index (χ0n) is 13.5. The van der Waals surface area contributed by atoms with Crippen LogP contribution in [0.4, 0.5) is 0 Å². The zero-order valence-corrected chi connectivity index (χ0v) is 13.5. The summed E-state index contributed by atoms with van der Waals surface area (Å²) in [6.45, 7) is 16.3. The van der Waals surface area contributed by atoms with E-state index in [0.29, 0.717) is 6.04 Å². The van der Waals surface area contributed by atoms with Gasteiger partial charge in [-0.1, -0.05) is 33.6 Å². The van der Waals surface area contributed by atoms with Gasteiger partial charge in [0.15, 0.2) is 0 Å². The van der Waals surface area contributed by atoms with E-state index < -0.39 is 0 Å². The number of hydrogen-bond donors (Lipinski definition) is 1. The molecule has 0 aliphatic rings. The fourth-order valence-corrected chi connectivity index (χ4v) is 2.18. The Morgan fingerprint density at radius 2 is 1.61 bits per heavy atom. The molecular formula is C16H36N2. The molecule has 0 heterocycles. The Hall–Kier alpha value is -0.0800. The van der Waals surface area contributed by atoms with Crippen molar-refractivity contribution in [2.24, 2.45) is 5.92 Å². The highest BCUT2D eigenvalue weighted by Gasteiger charge is 2.07. The molecule has 0 unspecified atom stereocenters. The summed E-state index contributed by atoms with van der Waals surface area (Å²) in [5.41, 5.74) is 0. The van der Waals surface area contributed by atoms with Crippen molar-refractivity contribution in [2.75, 3.05) is 26.2 Å². The fraction of sp³-hybridized carbons (Fsp3) is 1.00. The Balaban J connectivity index is 3.52. The SMILES string of the molecule is CCCCCN(CCNCCCC(C)C)C(C)C. The Morgan fingerprint density at radius 1 is 0.889 bits per heavy atom. The lowest BCUT2D eigenvalue weighted by Crippen LogP contribution is -2.37. The second-order valence-electron chi connectivity index (χ2n) is 6.12. The first kappa shape index (κ1) is 17.9. The molecule has 0 spiro atoms. The highest BCUT2D eigenvalue weighted by molar-refractivity contribution is 4.64. The van der Waals surface area contributed by atoms with Gasteiger partial charge in [-0.2, -0.15) is 0 Å². The Labute approximate surface area is 116 Å². The molecule has 2 heteroatoms. The molecule has 0 rings (SSSR count). The van der Waals surface area contributed by atoms with Crippen LogP contribution in [0.3, 0.4) is 0 Å². The van der Waals surface area contributed by atoms with Crippen molar-refractivity contribution in [3.05, 3.63) is 0 Å². The molecule has 0 aromatic carbocycles. The van der Waals surface area contributed by atoms with Gasteiger partial charge < -0.3 is 5.32 Å². The fourth-order valence-electron chi connectivity index (χ4n) is 2.18. The smallest absolute Gasteiger partial charge is 0.0110 e. The van der Waals surface area contributed by atoms with Crippen LogP contribution >= 0.6 is 0 Å². The van der Waals surface area contributed by atoms with E-state index in [1.807, 2.05) is 0 Å². The normalized spacial score (nSPS) is 12.0. The minimum absolute atomic E-state index is 0.680. The van der Waals surface area contributed by atoms with E-state index in [-0.39, 0.29) is 0 Å². The first-order chi connectivity index (χ1) is 8.57. The van der Waals surface area contributed by atoms with E-state index in [1.165, 1.54) is 51.7 Å². The van der Waals surface area contributed by atoms with Crippen LogP contribution in [0.15, 0.2) is 0 Å². The molecule has 2 nitrogen and oxygen atoms in total. The van der Waals surface area contributed by atoms with Crippen molar-refractivity contribution in [2.45, 2.75) is 72.8 Å². The summed E-state index contributed by atoms with van der Waals surface area (Å²) in [6.07, 6.45) is 6.69. The van der Waals surface area contributed by atoms with Crippen molar-refractivity contribution in [1.82, 2.24) is 10.2 Å². The van der Waals surface area contributed by atoms with Gasteiger partial charge in [-0.05, 0) is 52.1 Å². The molecule has 0 aliphatic heterocycles. The van der Waals surface area contributed by atoms with Gasteiger partial charge in [-0.25, -0.2) is 0 Å². The minimum atomic E-state index is 0.680. The lowest BCUT2D eigenvalue weighted by atomic mass is 10.1. The molecule has 110 valence electrons. The first-order valence-electron chi connectivity index (χ1n) is 8.02. The summed E-state index contributed by atoms with van der Waals surface area (Å²) < 4.78 is 0. The van der Waals surface area contributed by atoms with Gasteiger partial charge in [0, 0.05) is 19.1 Å². The van der Waals surface area contributed by atoms with Crippen molar-refractivity contribution in [1.29, 1.82) is 0 Å². The molecule has 0 aliphatic carbocycles. The van der Waals surface area contributed by atoms with E-state index >= 15 is 0 Å². The molecule has 0 fully saturated rings. The molecule has 0 aromatic heterocycles. The monoisotopic (exact) mass is 256 g/mol. The molecule has 0 bridgehead atoms. The molecule has 1 N–H and O–H groups in total. The summed E-state index contributed by atoms with van der Waals surface area (Å²) in [5, 5.41) is 3.57. The maximum atomic E-state index is 3.57. The largest absolute Gasteiger partial charge is 0.315 e. The molecule has 18 heavy (non-hydrogen) atoms. The zero-order chi connectivity index (χ0) is 13.8. The van der Waals surface area contributed by atoms with Gasteiger partial charge >= 0.3 is 0 Å². The molecule has 0 atom stereocenters. The van der Waals surface area contributed by atoms with Crippen LogP contribution in [-0.2, 0) is 0 Å². The van der Waals surface area contributed by atoms with Crippen LogP contribution in [0, 0.1) is 5.92 Å². The summed E-state index contributed by atoms with van der Waals surface area (Å²) in [7, 11) is 0. The summed E-state index contributed by atoms with van der Waals surface area (Å²) in [5.74, 6) is 0.841. The van der Waals surface area contributed by atoms with Gasteiger partial charge in [0.05, 0.1) is 0 Å². The highest BCUT2D eigenvalue weighted by Crippen LogP contribution is 2.03. The van der Waals surface area contributed by atoms with E-state index in [0.717, 1.165) is 12.5 Å². The summed E-state index contributed by atoms with van der Waals surface area (Å²) in [4.78, 5) is 2.60. The van der Waals surface area contributed by atoms with Crippen LogP contribution < -0.4 is 5.32 Å². The third-order valence-electron chi connectivity index (χ3n) is 3.49. The van der Waals surface area contributed by atoms with E-state index in [4.69, 9.17) is 0 Å². The number of hydrogen-bond acceptors (Lipinski definition) is 2. The van der Waals surface area contributed by atoms with Gasteiger partial charge in [-0.3, -0.25) is 4.90 Å². The van der Waals surface area contributed by atoms with E-state index in [9.17, 15) is 0 Å². The lowest BCUT2D eigenvalue weighted by molar-refractivity contribution is 0.217. The van der Waals surface area contributed by atoms with Gasteiger partial charge in [0.2, 0.25) is 0 Å². The van der Waals surface area contributed by atoms with Crippen molar-refractivity contribution < 1.29 is 0 Å². The molecule has 0 radical (unpaired) electrons. The van der Waals surface area contributed by atoms with Crippen LogP contribution in [-0.4, -0.2) is 37.1 Å². The number of rotatable bonds is 12. The van der Waals surface area contributed by atoms with Crippen LogP contribution in [0.1, 0.15) is 66.7 Å². The maximum Gasteiger partial charge on any atom is 0.0110 e. The third-order valence-corrected chi connectivity index (χ3v) is 3.49. The Morgan fingerprint density at radius 3 is 2.17 bits per heavy atom. The second kappa shape index (κ2) is 12.0. The van der Waals surface area contributed by atoms with Gasteiger partial charge in [0.25, 0.3) is 0 Å². The lowest BCUT2D eigenvalue weighted by Gasteiger charge is -2.26. The van der Waals surface area contributed by atoms with E-state index in [2.05, 4.69) is 44.8 Å². The van der Waals surface area contributed by atoms with Crippen molar-refractivity contribution >= 4 is 0 Å². The minimum Gasteiger partial charge on any atom is -0.315 e. The Bertz CT molecular complexity index is 166. The molecular weight excluding hydrogens is 220 g/mol. The van der Waals surface area contributed by atoms with Crippen molar-refractivity contribution in [3.8, 4) is 0 Å². The Kier molecular flexibility index (Phi) is 11.9. The van der Waals surface area contributed by atoms with E-state index in [1.54, 1.807) is 0 Å². The quantitative estimate of drug-likeness (QED) is 0.533. The molecule has 0 aromatic rings. The van der Waals surface area contributed by atoms with Crippen LogP contribution in [0.25, 0.3) is 0 Å². The maximum absolute atomic E-state index is 3.57. The van der Waals surface area contributed by atoms with Gasteiger partial charge in [0.1, 0.15) is 0 Å².